The summed E-state index contributed by atoms with van der Waals surface area (Å²) in [5.74, 6) is 0.919. The number of nitrogens with zero attached hydrogens (tertiary/aromatic N) is 1. The standard InChI is InChI=1S/C15H29N3O4S/c1-12(2)14(18-4-6-22-7-5-18)10-17-15(19)16-9-13-3-8-23(20,21)11-13/h12-14H,3-11H2,1-2H3,(H2,16,17,19)/t13-,14+/m1/s1. The Balaban J connectivity index is 1.71. The largest absolute Gasteiger partial charge is 0.379 e. The second-order valence-corrected chi connectivity index (χ2v) is 9.05. The summed E-state index contributed by atoms with van der Waals surface area (Å²) in [6.45, 7) is 8.60. The summed E-state index contributed by atoms with van der Waals surface area (Å²) in [7, 11) is -2.89. The molecule has 0 unspecified atom stereocenters. The second-order valence-electron chi connectivity index (χ2n) is 6.82. The first-order valence-corrected chi connectivity index (χ1v) is 10.2. The number of hydrogen-bond donors (Lipinski definition) is 2. The van der Waals surface area contributed by atoms with Crippen molar-refractivity contribution in [3.05, 3.63) is 0 Å². The van der Waals surface area contributed by atoms with Crippen molar-refractivity contribution >= 4 is 15.9 Å². The van der Waals surface area contributed by atoms with Gasteiger partial charge in [0.1, 0.15) is 0 Å². The van der Waals surface area contributed by atoms with Crippen LogP contribution >= 0.6 is 0 Å². The minimum Gasteiger partial charge on any atom is -0.379 e. The maximum absolute atomic E-state index is 12.0. The lowest BCUT2D eigenvalue weighted by atomic mass is 10.0. The minimum atomic E-state index is -2.89. The molecule has 0 aliphatic carbocycles. The highest BCUT2D eigenvalue weighted by molar-refractivity contribution is 7.91. The molecule has 2 atom stereocenters. The van der Waals surface area contributed by atoms with Crippen LogP contribution in [0.5, 0.6) is 0 Å². The summed E-state index contributed by atoms with van der Waals surface area (Å²) in [5.41, 5.74) is 0. The van der Waals surface area contributed by atoms with E-state index in [-0.39, 0.29) is 29.5 Å². The van der Waals surface area contributed by atoms with E-state index < -0.39 is 9.84 Å². The van der Waals surface area contributed by atoms with Gasteiger partial charge in [-0.05, 0) is 18.3 Å². The van der Waals surface area contributed by atoms with Gasteiger partial charge in [0.25, 0.3) is 0 Å². The Morgan fingerprint density at radius 2 is 1.96 bits per heavy atom. The van der Waals surface area contributed by atoms with Gasteiger partial charge in [0.2, 0.25) is 0 Å². The Morgan fingerprint density at radius 3 is 2.52 bits per heavy atom. The van der Waals surface area contributed by atoms with Crippen molar-refractivity contribution in [2.45, 2.75) is 26.3 Å². The van der Waals surface area contributed by atoms with Crippen molar-refractivity contribution in [1.82, 2.24) is 15.5 Å². The van der Waals surface area contributed by atoms with Crippen molar-refractivity contribution in [1.29, 1.82) is 0 Å². The van der Waals surface area contributed by atoms with Crippen molar-refractivity contribution in [2.24, 2.45) is 11.8 Å². The summed E-state index contributed by atoms with van der Waals surface area (Å²) in [6, 6.07) is 0.0738. The molecule has 8 heteroatoms. The summed E-state index contributed by atoms with van der Waals surface area (Å²) < 4.78 is 28.2. The van der Waals surface area contributed by atoms with Gasteiger partial charge in [0, 0.05) is 32.2 Å². The van der Waals surface area contributed by atoms with Crippen LogP contribution in [0.1, 0.15) is 20.3 Å². The van der Waals surface area contributed by atoms with Gasteiger partial charge in [-0.25, -0.2) is 13.2 Å². The molecule has 2 saturated heterocycles. The van der Waals surface area contributed by atoms with Crippen LogP contribution in [-0.4, -0.2) is 76.3 Å². The van der Waals surface area contributed by atoms with E-state index in [1.165, 1.54) is 0 Å². The number of urea groups is 1. The maximum Gasteiger partial charge on any atom is 0.314 e. The van der Waals surface area contributed by atoms with Crippen molar-refractivity contribution in [3.63, 3.8) is 0 Å². The lowest BCUT2D eigenvalue weighted by Crippen LogP contribution is -2.52. The van der Waals surface area contributed by atoms with Crippen LogP contribution < -0.4 is 10.6 Å². The predicted molar refractivity (Wildman–Crippen MR) is 89.2 cm³/mol. The molecule has 2 aliphatic heterocycles. The molecule has 134 valence electrons. The molecule has 0 aromatic rings. The Morgan fingerprint density at radius 1 is 1.26 bits per heavy atom. The number of amides is 2. The summed E-state index contributed by atoms with van der Waals surface area (Å²) in [6.07, 6.45) is 0.644. The first kappa shape index (κ1) is 18.5. The van der Waals surface area contributed by atoms with E-state index in [2.05, 4.69) is 29.4 Å². The molecule has 7 nitrogen and oxygen atoms in total. The lowest BCUT2D eigenvalue weighted by Gasteiger charge is -2.36. The third kappa shape index (κ3) is 5.93. The Hall–Kier alpha value is -0.860. The van der Waals surface area contributed by atoms with Crippen molar-refractivity contribution in [2.75, 3.05) is 50.9 Å². The maximum atomic E-state index is 12.0. The zero-order valence-electron chi connectivity index (χ0n) is 14.1. The highest BCUT2D eigenvalue weighted by Gasteiger charge is 2.28. The Labute approximate surface area is 139 Å². The van der Waals surface area contributed by atoms with Gasteiger partial charge in [0.05, 0.1) is 24.7 Å². The third-order valence-electron chi connectivity index (χ3n) is 4.63. The molecule has 2 amide bonds. The lowest BCUT2D eigenvalue weighted by molar-refractivity contribution is 0.00719. The van der Waals surface area contributed by atoms with E-state index in [0.717, 1.165) is 26.3 Å². The van der Waals surface area contributed by atoms with Gasteiger partial charge in [0.15, 0.2) is 9.84 Å². The number of hydrogen-bond acceptors (Lipinski definition) is 5. The Bertz CT molecular complexity index is 489. The SMILES string of the molecule is CC(C)[C@H](CNC(=O)NC[C@H]1CCS(=O)(=O)C1)N1CCOCC1. The van der Waals surface area contributed by atoms with Crippen LogP contribution in [0.3, 0.4) is 0 Å². The van der Waals surface area contributed by atoms with Gasteiger partial charge >= 0.3 is 6.03 Å². The summed E-state index contributed by atoms with van der Waals surface area (Å²) in [5, 5.41) is 5.73. The van der Waals surface area contributed by atoms with Crippen LogP contribution in [-0.2, 0) is 14.6 Å². The normalized spacial score (nSPS) is 26.1. The fourth-order valence-corrected chi connectivity index (χ4v) is 5.09. The van der Waals surface area contributed by atoms with Crippen LogP contribution in [0.15, 0.2) is 0 Å². The molecule has 2 heterocycles. The topological polar surface area (TPSA) is 87.7 Å². The zero-order chi connectivity index (χ0) is 16.9. The number of ether oxygens (including phenoxy) is 1. The molecule has 0 aromatic carbocycles. The molecule has 0 radical (unpaired) electrons. The molecule has 23 heavy (non-hydrogen) atoms. The van der Waals surface area contributed by atoms with Crippen LogP contribution in [0.4, 0.5) is 4.79 Å². The molecule has 0 aromatic heterocycles. The number of morpholine rings is 1. The van der Waals surface area contributed by atoms with Gasteiger partial charge < -0.3 is 15.4 Å². The predicted octanol–water partition coefficient (Wildman–Crippen LogP) is 0.0771. The first-order chi connectivity index (χ1) is 10.9. The molecule has 0 saturated carbocycles. The molecule has 2 aliphatic rings. The van der Waals surface area contributed by atoms with Crippen LogP contribution in [0.2, 0.25) is 0 Å². The molecule has 0 spiro atoms. The van der Waals surface area contributed by atoms with Crippen LogP contribution in [0.25, 0.3) is 0 Å². The fraction of sp³-hybridized carbons (Fsp3) is 0.933. The smallest absolute Gasteiger partial charge is 0.314 e. The average molecular weight is 347 g/mol. The van der Waals surface area contributed by atoms with Gasteiger partial charge in [-0.3, -0.25) is 4.90 Å². The number of sulfone groups is 1. The highest BCUT2D eigenvalue weighted by atomic mass is 32.2. The second kappa shape index (κ2) is 8.30. The molecule has 2 rings (SSSR count). The molecule has 2 fully saturated rings. The quantitative estimate of drug-likeness (QED) is 0.710. The van der Waals surface area contributed by atoms with E-state index in [1.54, 1.807) is 0 Å². The minimum absolute atomic E-state index is 0.0471. The number of carbonyl (C=O) groups excluding carboxylic acids is 1. The molecular formula is C15H29N3O4S. The number of carbonyl (C=O) groups is 1. The zero-order valence-corrected chi connectivity index (χ0v) is 14.9. The van der Waals surface area contributed by atoms with E-state index >= 15 is 0 Å². The van der Waals surface area contributed by atoms with E-state index in [1.807, 2.05) is 0 Å². The van der Waals surface area contributed by atoms with Gasteiger partial charge in [-0.15, -0.1) is 0 Å². The molecule has 2 N–H and O–H groups in total. The summed E-state index contributed by atoms with van der Waals surface area (Å²) >= 11 is 0. The molecule has 0 bridgehead atoms. The Kier molecular flexibility index (Phi) is 6.67. The first-order valence-electron chi connectivity index (χ1n) is 8.41. The number of rotatable bonds is 6. The highest BCUT2D eigenvalue weighted by Crippen LogP contribution is 2.17. The number of nitrogens with one attached hydrogen (secondary N) is 2. The van der Waals surface area contributed by atoms with Crippen LogP contribution in [0, 0.1) is 11.8 Å². The van der Waals surface area contributed by atoms with Crippen molar-refractivity contribution < 1.29 is 17.9 Å². The van der Waals surface area contributed by atoms with Gasteiger partial charge in [-0.1, -0.05) is 13.8 Å². The summed E-state index contributed by atoms with van der Waals surface area (Å²) in [4.78, 5) is 14.3. The van der Waals surface area contributed by atoms with Gasteiger partial charge in [-0.2, -0.15) is 0 Å². The van der Waals surface area contributed by atoms with E-state index in [0.29, 0.717) is 25.4 Å². The third-order valence-corrected chi connectivity index (χ3v) is 6.47. The average Bonchev–Trinajstić information content (AvgIpc) is 2.85. The van der Waals surface area contributed by atoms with Crippen molar-refractivity contribution in [3.8, 4) is 0 Å². The van der Waals surface area contributed by atoms with E-state index in [4.69, 9.17) is 4.74 Å². The molecular weight excluding hydrogens is 318 g/mol. The fourth-order valence-electron chi connectivity index (χ4n) is 3.23. The monoisotopic (exact) mass is 347 g/mol. The van der Waals surface area contributed by atoms with E-state index in [9.17, 15) is 13.2 Å².